The molecule has 0 N–H and O–H groups in total. The monoisotopic (exact) mass is 351 g/mol. The normalized spacial score (nSPS) is 14.1. The van der Waals surface area contributed by atoms with Crippen LogP contribution in [0.3, 0.4) is 0 Å². The molecule has 20 heavy (non-hydrogen) atoms. The van der Waals surface area contributed by atoms with E-state index in [1.165, 1.54) is 4.90 Å². The number of benzene rings is 1. The van der Waals surface area contributed by atoms with E-state index in [2.05, 4.69) is 12.7 Å². The van der Waals surface area contributed by atoms with Gasteiger partial charge in [0, 0.05) is 32.7 Å². The van der Waals surface area contributed by atoms with Gasteiger partial charge in [-0.25, -0.2) is 8.78 Å². The van der Waals surface area contributed by atoms with Gasteiger partial charge >= 0.3 is 0 Å². The second-order valence-corrected chi connectivity index (χ2v) is 4.05. The summed E-state index contributed by atoms with van der Waals surface area (Å²) < 4.78 is 30.3. The number of ether oxygens (including phenoxy) is 1. The summed E-state index contributed by atoms with van der Waals surface area (Å²) in [4.78, 5) is 1.46. The fourth-order valence-electron chi connectivity index (χ4n) is 1.86. The summed E-state index contributed by atoms with van der Waals surface area (Å²) >= 11 is 0. The maximum atomic E-state index is 12.6. The molecule has 0 saturated heterocycles. The van der Waals surface area contributed by atoms with Gasteiger partial charge in [-0.1, -0.05) is 17.8 Å². The molecule has 1 aromatic rings. The molecule has 0 amide bonds. The predicted octanol–water partition coefficient (Wildman–Crippen LogP) is 3.49. The molecule has 1 aromatic carbocycles. The number of allylic oxidation sites excluding steroid dienone is 3. The third kappa shape index (κ3) is 4.00. The van der Waals surface area contributed by atoms with Crippen LogP contribution in [0.2, 0.25) is 0 Å². The van der Waals surface area contributed by atoms with E-state index in [0.717, 1.165) is 11.3 Å². The molecule has 0 aliphatic carbocycles. The van der Waals surface area contributed by atoms with Crippen molar-refractivity contribution in [3.63, 3.8) is 0 Å². The van der Waals surface area contributed by atoms with E-state index in [-0.39, 0.29) is 32.7 Å². The summed E-state index contributed by atoms with van der Waals surface area (Å²) in [5.41, 5.74) is 1.92. The van der Waals surface area contributed by atoms with E-state index in [0.29, 0.717) is 11.4 Å². The Hall–Kier alpha value is -0.996. The van der Waals surface area contributed by atoms with Gasteiger partial charge in [-0.3, -0.25) is 0 Å². The Labute approximate surface area is 142 Å². The zero-order valence-electron chi connectivity index (χ0n) is 11.1. The average Bonchev–Trinajstić information content (AvgIpc) is 2.41. The molecule has 2 nitrogen and oxygen atoms in total. The quantitative estimate of drug-likeness (QED) is 0.770. The van der Waals surface area contributed by atoms with Crippen molar-refractivity contribution < 1.29 is 46.2 Å². The van der Waals surface area contributed by atoms with Crippen LogP contribution < -0.4 is 4.74 Å². The minimum atomic E-state index is -2.43. The van der Waals surface area contributed by atoms with Gasteiger partial charge in [0.15, 0.2) is 0 Å². The van der Waals surface area contributed by atoms with Gasteiger partial charge in [0.05, 0.1) is 13.7 Å². The minimum Gasteiger partial charge on any atom is -0.497 e. The molecule has 5 heteroatoms. The second kappa shape index (κ2) is 7.70. The van der Waals surface area contributed by atoms with Crippen molar-refractivity contribution in [1.82, 2.24) is 4.90 Å². The molecular weight excluding hydrogens is 337 g/mol. The van der Waals surface area contributed by atoms with Crippen molar-refractivity contribution in [2.45, 2.75) is 6.43 Å². The van der Waals surface area contributed by atoms with E-state index in [1.807, 2.05) is 12.1 Å². The van der Waals surface area contributed by atoms with Crippen molar-refractivity contribution in [2.75, 3.05) is 13.7 Å². The maximum absolute atomic E-state index is 12.6. The Morgan fingerprint density at radius 2 is 1.95 bits per heavy atom. The van der Waals surface area contributed by atoms with Gasteiger partial charge in [-0.15, -0.1) is 18.2 Å². The molecule has 0 spiro atoms. The van der Waals surface area contributed by atoms with Crippen LogP contribution in [0.1, 0.15) is 5.56 Å². The summed E-state index contributed by atoms with van der Waals surface area (Å²) in [5, 5.41) is 0. The van der Waals surface area contributed by atoms with E-state index in [9.17, 15) is 8.78 Å². The molecule has 0 fully saturated rings. The first-order valence-electron chi connectivity index (χ1n) is 5.81. The van der Waals surface area contributed by atoms with Crippen molar-refractivity contribution in [1.29, 1.82) is 0 Å². The number of alkyl halides is 2. The Kier molecular flexibility index (Phi) is 6.57. The van der Waals surface area contributed by atoms with Crippen LogP contribution in [-0.4, -0.2) is 25.0 Å². The summed E-state index contributed by atoms with van der Waals surface area (Å²) in [5.74, 6) is 0.718. The van der Waals surface area contributed by atoms with Crippen LogP contribution in [0.25, 0.3) is 5.70 Å². The maximum Gasteiger partial charge on any atom is 0.256 e. The summed E-state index contributed by atoms with van der Waals surface area (Å²) in [7, 11) is 1.58. The third-order valence-corrected chi connectivity index (χ3v) is 2.80. The average molecular weight is 351 g/mol. The Morgan fingerprint density at radius 1 is 1.30 bits per heavy atom. The molecule has 0 bridgehead atoms. The summed E-state index contributed by atoms with van der Waals surface area (Å²) in [6.07, 6.45) is 3.90. The largest absolute Gasteiger partial charge is 0.497 e. The van der Waals surface area contributed by atoms with Crippen molar-refractivity contribution >= 4 is 5.70 Å². The molecule has 0 unspecified atom stereocenters. The first-order valence-corrected chi connectivity index (χ1v) is 5.81. The zero-order valence-corrected chi connectivity index (χ0v) is 14.0. The fraction of sp³-hybridized carbons (Fsp3) is 0.200. The first-order chi connectivity index (χ1) is 9.11. The molecule has 1 aliphatic heterocycles. The molecule has 0 saturated carbocycles. The summed E-state index contributed by atoms with van der Waals surface area (Å²) in [6, 6.07) is 7.19. The van der Waals surface area contributed by atoms with Crippen LogP contribution in [0, 0.1) is 6.08 Å². The number of halogens is 2. The summed E-state index contributed by atoms with van der Waals surface area (Å²) in [6.45, 7) is 3.39. The Bertz CT molecular complexity index is 523. The molecule has 0 atom stereocenters. The number of hydrogen-bond donors (Lipinski definition) is 0. The third-order valence-electron chi connectivity index (χ3n) is 2.80. The van der Waals surface area contributed by atoms with Crippen molar-refractivity contribution in [3.05, 3.63) is 60.3 Å². The van der Waals surface area contributed by atoms with Crippen LogP contribution >= 0.6 is 0 Å². The van der Waals surface area contributed by atoms with Gasteiger partial charge in [0.1, 0.15) is 5.75 Å². The number of nitrogens with zero attached hydrogens (tertiary/aromatic N) is 1. The minimum absolute atomic E-state index is 0. The number of rotatable bonds is 4. The van der Waals surface area contributed by atoms with Gasteiger partial charge in [0.2, 0.25) is 0 Å². The van der Waals surface area contributed by atoms with E-state index in [4.69, 9.17) is 4.74 Å². The van der Waals surface area contributed by atoms with E-state index in [1.54, 1.807) is 31.4 Å². The molecule has 1 heterocycles. The van der Waals surface area contributed by atoms with Crippen molar-refractivity contribution in [3.8, 4) is 5.75 Å². The van der Waals surface area contributed by atoms with Crippen LogP contribution in [0.4, 0.5) is 8.78 Å². The molecular formula is C15H14F2NOY-. The second-order valence-electron chi connectivity index (χ2n) is 4.05. The molecule has 0 aromatic heterocycles. The van der Waals surface area contributed by atoms with Gasteiger partial charge in [-0.05, 0) is 17.8 Å². The fourth-order valence-corrected chi connectivity index (χ4v) is 1.86. The van der Waals surface area contributed by atoms with Crippen LogP contribution in [0.5, 0.6) is 5.75 Å². The van der Waals surface area contributed by atoms with E-state index >= 15 is 0 Å². The van der Waals surface area contributed by atoms with Crippen LogP contribution in [0.15, 0.2) is 48.7 Å². The Morgan fingerprint density at radius 3 is 2.50 bits per heavy atom. The predicted molar refractivity (Wildman–Crippen MR) is 70.6 cm³/mol. The first kappa shape index (κ1) is 17.1. The molecule has 103 valence electrons. The number of methoxy groups -OCH3 is 1. The smallest absolute Gasteiger partial charge is 0.256 e. The Balaban J connectivity index is 0.00000200. The van der Waals surface area contributed by atoms with Gasteiger partial charge < -0.3 is 9.64 Å². The van der Waals surface area contributed by atoms with Gasteiger partial charge in [-0.2, -0.15) is 12.2 Å². The van der Waals surface area contributed by atoms with E-state index < -0.39 is 13.0 Å². The molecule has 2 rings (SSSR count). The standard InChI is InChI=1S/C15H14F2NO.Y/c1-11-4-3-5-14(18(11)10-15(16)17)12-6-8-13(19-2)9-7-12;/h3-4,6-9,15H,1,10H2,2H3;/q-1;. The number of hydrogen-bond acceptors (Lipinski definition) is 2. The van der Waals surface area contributed by atoms with Crippen molar-refractivity contribution in [2.24, 2.45) is 0 Å². The van der Waals surface area contributed by atoms with Gasteiger partial charge in [0.25, 0.3) is 6.43 Å². The molecule has 1 aliphatic rings. The topological polar surface area (TPSA) is 12.5 Å². The molecule has 1 radical (unpaired) electrons. The zero-order chi connectivity index (χ0) is 13.8. The SMILES string of the molecule is C=C1C=C[C-]=C(c2ccc(OC)cc2)N1CC(F)F.[Y]. The van der Waals surface area contributed by atoms with Crippen LogP contribution in [-0.2, 0) is 32.7 Å².